The number of benzene rings is 1. The number of nitro benzene ring substituents is 1. The molecule has 1 aromatic carbocycles. The van der Waals surface area contributed by atoms with Crippen LogP contribution >= 0.6 is 11.3 Å². The minimum Gasteiger partial charge on any atom is -0.548 e. The Morgan fingerprint density at radius 3 is 2.84 bits per heavy atom. The molecule has 0 saturated heterocycles. The molecule has 0 bridgehead atoms. The molecule has 2 heterocycles. The van der Waals surface area contributed by atoms with Crippen LogP contribution in [0.1, 0.15) is 19.4 Å². The molecule has 0 unspecified atom stereocenters. The van der Waals surface area contributed by atoms with Gasteiger partial charge >= 0.3 is 0 Å². The second kappa shape index (κ2) is 6.44. The summed E-state index contributed by atoms with van der Waals surface area (Å²) < 4.78 is 1.03. The Morgan fingerprint density at radius 2 is 2.20 bits per heavy atom. The monoisotopic (exact) mass is 358 g/mol. The first-order chi connectivity index (χ1) is 11.9. The molecule has 0 amide bonds. The first kappa shape index (κ1) is 16.8. The number of carbonyl (C=O) groups is 1. The molecular formula is C16H12N3O5S-. The average molecular weight is 358 g/mol. The van der Waals surface area contributed by atoms with Crippen LogP contribution in [0.5, 0.6) is 0 Å². The highest BCUT2D eigenvalue weighted by atomic mass is 32.1. The van der Waals surface area contributed by atoms with Crippen molar-refractivity contribution < 1.29 is 14.8 Å². The molecule has 0 aliphatic carbocycles. The van der Waals surface area contributed by atoms with Gasteiger partial charge in [-0.3, -0.25) is 19.5 Å². The fourth-order valence-electron chi connectivity index (χ4n) is 2.64. The summed E-state index contributed by atoms with van der Waals surface area (Å²) in [7, 11) is 0. The van der Waals surface area contributed by atoms with Gasteiger partial charge in [-0.15, -0.1) is 11.3 Å². The standard InChI is InChI=1S/C16H13N3O5S/c1-2-12(16(21)22)18-8-17-14-13(15(18)20)11(7-25-14)9-4-3-5-10(6-9)19(23)24/h3-8,12H,2H2,1H3,(H,21,22)/p-1/t12-/m1/s1. The van der Waals surface area contributed by atoms with Crippen molar-refractivity contribution in [3.63, 3.8) is 0 Å². The Kier molecular flexibility index (Phi) is 4.32. The summed E-state index contributed by atoms with van der Waals surface area (Å²) in [5.74, 6) is -1.36. The van der Waals surface area contributed by atoms with E-state index in [0.717, 1.165) is 4.57 Å². The van der Waals surface area contributed by atoms with Crippen LogP contribution in [-0.2, 0) is 4.79 Å². The first-order valence-electron chi connectivity index (χ1n) is 7.38. The van der Waals surface area contributed by atoms with E-state index in [0.29, 0.717) is 16.0 Å². The number of carbonyl (C=O) groups excluding carboxylic acids is 1. The van der Waals surface area contributed by atoms with Gasteiger partial charge in [0.25, 0.3) is 11.2 Å². The molecule has 0 N–H and O–H groups in total. The number of aliphatic carboxylic acids is 1. The van der Waals surface area contributed by atoms with Crippen molar-refractivity contribution >= 4 is 33.2 Å². The summed E-state index contributed by atoms with van der Waals surface area (Å²) in [4.78, 5) is 39.1. The van der Waals surface area contributed by atoms with E-state index in [4.69, 9.17) is 0 Å². The van der Waals surface area contributed by atoms with Crippen LogP contribution in [0.2, 0.25) is 0 Å². The number of rotatable bonds is 5. The number of thiophene rings is 1. The van der Waals surface area contributed by atoms with Crippen molar-refractivity contribution in [2.45, 2.75) is 19.4 Å². The molecule has 0 spiro atoms. The zero-order valence-corrected chi connectivity index (χ0v) is 13.9. The second-order valence-electron chi connectivity index (χ2n) is 5.34. The summed E-state index contributed by atoms with van der Waals surface area (Å²) >= 11 is 1.22. The minimum atomic E-state index is -1.36. The number of fused-ring (bicyclic) bond motifs is 1. The molecule has 3 aromatic rings. The van der Waals surface area contributed by atoms with Crippen molar-refractivity contribution in [2.24, 2.45) is 0 Å². The molecule has 9 heteroatoms. The molecule has 0 aliphatic rings. The van der Waals surface area contributed by atoms with E-state index in [1.54, 1.807) is 18.4 Å². The zero-order chi connectivity index (χ0) is 18.1. The van der Waals surface area contributed by atoms with Gasteiger partial charge in [-0.05, 0) is 12.0 Å². The normalized spacial score (nSPS) is 12.2. The highest BCUT2D eigenvalue weighted by Crippen LogP contribution is 2.32. The van der Waals surface area contributed by atoms with E-state index in [9.17, 15) is 24.8 Å². The smallest absolute Gasteiger partial charge is 0.270 e. The summed E-state index contributed by atoms with van der Waals surface area (Å²) in [6.45, 7) is 1.63. The van der Waals surface area contributed by atoms with Crippen molar-refractivity contribution in [1.29, 1.82) is 0 Å². The maximum Gasteiger partial charge on any atom is 0.270 e. The highest BCUT2D eigenvalue weighted by Gasteiger charge is 2.19. The van der Waals surface area contributed by atoms with Crippen molar-refractivity contribution in [3.05, 3.63) is 56.4 Å². The molecular weight excluding hydrogens is 346 g/mol. The van der Waals surface area contributed by atoms with Gasteiger partial charge in [-0.2, -0.15) is 0 Å². The SMILES string of the molecule is CC[C@H](C(=O)[O-])n1cnc2scc(-c3cccc([N+](=O)[O-])c3)c2c1=O. The zero-order valence-electron chi connectivity index (χ0n) is 13.0. The maximum absolute atomic E-state index is 12.8. The van der Waals surface area contributed by atoms with Gasteiger partial charge in [0, 0.05) is 23.1 Å². The molecule has 2 aromatic heterocycles. The lowest BCUT2D eigenvalue weighted by atomic mass is 10.1. The van der Waals surface area contributed by atoms with Gasteiger partial charge in [-0.1, -0.05) is 19.1 Å². The fourth-order valence-corrected chi connectivity index (χ4v) is 3.55. The van der Waals surface area contributed by atoms with E-state index >= 15 is 0 Å². The first-order valence-corrected chi connectivity index (χ1v) is 8.26. The van der Waals surface area contributed by atoms with Gasteiger partial charge in [0.2, 0.25) is 0 Å². The van der Waals surface area contributed by atoms with Gasteiger partial charge in [0.1, 0.15) is 4.83 Å². The van der Waals surface area contributed by atoms with Crippen molar-refractivity contribution in [1.82, 2.24) is 9.55 Å². The number of carboxylic acid groups (broad SMARTS) is 1. The van der Waals surface area contributed by atoms with Gasteiger partial charge in [-0.25, -0.2) is 4.98 Å². The quantitative estimate of drug-likeness (QED) is 0.506. The number of aromatic nitrogens is 2. The fraction of sp³-hybridized carbons (Fsp3) is 0.188. The number of carboxylic acids is 1. The predicted molar refractivity (Wildman–Crippen MR) is 90.3 cm³/mol. The van der Waals surface area contributed by atoms with E-state index in [2.05, 4.69) is 4.98 Å². The number of hydrogen-bond acceptors (Lipinski definition) is 7. The molecule has 0 aliphatic heterocycles. The van der Waals surface area contributed by atoms with Crippen LogP contribution in [0.4, 0.5) is 5.69 Å². The van der Waals surface area contributed by atoms with E-state index in [1.807, 2.05) is 0 Å². The summed E-state index contributed by atoms with van der Waals surface area (Å²) in [5, 5.41) is 24.2. The minimum absolute atomic E-state index is 0.0952. The van der Waals surface area contributed by atoms with Gasteiger partial charge in [0.15, 0.2) is 0 Å². The Morgan fingerprint density at radius 1 is 1.44 bits per heavy atom. The van der Waals surface area contributed by atoms with Crippen LogP contribution in [0, 0.1) is 10.1 Å². The third-order valence-corrected chi connectivity index (χ3v) is 4.77. The molecule has 1 atom stereocenters. The predicted octanol–water partition coefficient (Wildman–Crippen LogP) is 1.73. The summed E-state index contributed by atoms with van der Waals surface area (Å²) in [5.41, 5.74) is 0.383. The van der Waals surface area contributed by atoms with Crippen LogP contribution in [0.25, 0.3) is 21.3 Å². The van der Waals surface area contributed by atoms with Crippen LogP contribution in [0.3, 0.4) is 0 Å². The van der Waals surface area contributed by atoms with E-state index in [-0.39, 0.29) is 17.5 Å². The molecule has 25 heavy (non-hydrogen) atoms. The average Bonchev–Trinajstić information content (AvgIpc) is 3.02. The largest absolute Gasteiger partial charge is 0.548 e. The molecule has 0 radical (unpaired) electrons. The van der Waals surface area contributed by atoms with Crippen molar-refractivity contribution in [3.8, 4) is 11.1 Å². The Hall–Kier alpha value is -3.07. The second-order valence-corrected chi connectivity index (χ2v) is 6.20. The Balaban J connectivity index is 2.25. The topological polar surface area (TPSA) is 118 Å². The number of hydrogen-bond donors (Lipinski definition) is 0. The van der Waals surface area contributed by atoms with Gasteiger partial charge < -0.3 is 9.90 Å². The Bertz CT molecular complexity index is 1040. The van der Waals surface area contributed by atoms with Crippen LogP contribution in [0.15, 0.2) is 40.8 Å². The molecule has 8 nitrogen and oxygen atoms in total. The molecule has 128 valence electrons. The number of nitro groups is 1. The highest BCUT2D eigenvalue weighted by molar-refractivity contribution is 7.17. The lowest BCUT2D eigenvalue weighted by molar-refractivity contribution is -0.384. The third kappa shape index (κ3) is 2.89. The molecule has 0 saturated carbocycles. The summed E-state index contributed by atoms with van der Waals surface area (Å²) in [6, 6.07) is 4.79. The number of non-ortho nitro benzene ring substituents is 1. The molecule has 0 fully saturated rings. The van der Waals surface area contributed by atoms with E-state index in [1.165, 1.54) is 35.9 Å². The molecule has 3 rings (SSSR count). The van der Waals surface area contributed by atoms with Gasteiger partial charge in [0.05, 0.1) is 28.6 Å². The van der Waals surface area contributed by atoms with Crippen molar-refractivity contribution in [2.75, 3.05) is 0 Å². The number of nitrogens with zero attached hydrogens (tertiary/aromatic N) is 3. The lowest BCUT2D eigenvalue weighted by Gasteiger charge is -2.18. The van der Waals surface area contributed by atoms with E-state index < -0.39 is 22.5 Å². The van der Waals surface area contributed by atoms with Crippen LogP contribution < -0.4 is 10.7 Å². The summed E-state index contributed by atoms with van der Waals surface area (Å²) in [6.07, 6.45) is 1.37. The lowest BCUT2D eigenvalue weighted by Crippen LogP contribution is -2.37. The maximum atomic E-state index is 12.8. The Labute approximate surface area is 145 Å². The third-order valence-electron chi connectivity index (χ3n) is 3.88. The van der Waals surface area contributed by atoms with Crippen LogP contribution in [-0.4, -0.2) is 20.4 Å².